The summed E-state index contributed by atoms with van der Waals surface area (Å²) < 4.78 is 0. The number of carbonyl (C=O) groups is 1. The molecule has 17 heavy (non-hydrogen) atoms. The predicted molar refractivity (Wildman–Crippen MR) is 66.6 cm³/mol. The lowest BCUT2D eigenvalue weighted by molar-refractivity contribution is 0.0697. The number of rotatable bonds is 5. The molecule has 1 unspecified atom stereocenters. The van der Waals surface area contributed by atoms with Crippen LogP contribution in [0.25, 0.3) is 0 Å². The molecule has 2 rings (SSSR count). The van der Waals surface area contributed by atoms with E-state index in [4.69, 9.17) is 16.7 Å². The number of nitrogens with zero attached hydrogens (tertiary/aromatic N) is 1. The number of pyridine rings is 1. The molecular weight excluding hydrogens is 240 g/mol. The number of aromatic nitrogens is 1. The van der Waals surface area contributed by atoms with Gasteiger partial charge >= 0.3 is 5.97 Å². The molecule has 1 aliphatic rings. The first-order valence-electron chi connectivity index (χ1n) is 5.70. The van der Waals surface area contributed by atoms with Crippen molar-refractivity contribution in [3.05, 3.63) is 22.8 Å². The summed E-state index contributed by atoms with van der Waals surface area (Å²) in [6.45, 7) is 3.01. The van der Waals surface area contributed by atoms with Crippen LogP contribution in [0.3, 0.4) is 0 Å². The topological polar surface area (TPSA) is 62.2 Å². The highest BCUT2D eigenvalue weighted by molar-refractivity contribution is 6.33. The Morgan fingerprint density at radius 2 is 2.41 bits per heavy atom. The minimum atomic E-state index is -1.03. The van der Waals surface area contributed by atoms with Crippen molar-refractivity contribution in [2.24, 2.45) is 11.8 Å². The highest BCUT2D eigenvalue weighted by atomic mass is 35.5. The normalized spacial score (nSPS) is 16.6. The first-order valence-corrected chi connectivity index (χ1v) is 6.08. The number of aromatic carboxylic acids is 1. The molecule has 1 heterocycles. The molecule has 4 nitrogen and oxygen atoms in total. The van der Waals surface area contributed by atoms with E-state index < -0.39 is 5.97 Å². The van der Waals surface area contributed by atoms with Crippen molar-refractivity contribution in [3.8, 4) is 0 Å². The second kappa shape index (κ2) is 4.92. The number of anilines is 1. The zero-order valence-corrected chi connectivity index (χ0v) is 10.4. The van der Waals surface area contributed by atoms with E-state index in [1.54, 1.807) is 0 Å². The Labute approximate surface area is 105 Å². The van der Waals surface area contributed by atoms with Crippen LogP contribution in [-0.2, 0) is 0 Å². The van der Waals surface area contributed by atoms with Gasteiger partial charge in [-0.2, -0.15) is 0 Å². The summed E-state index contributed by atoms with van der Waals surface area (Å²) in [5.74, 6) is 0.949. The molecule has 1 aromatic rings. The zero-order chi connectivity index (χ0) is 12.4. The van der Waals surface area contributed by atoms with Gasteiger partial charge in [0, 0.05) is 12.7 Å². The lowest BCUT2D eigenvalue weighted by Crippen LogP contribution is -2.14. The third kappa shape index (κ3) is 3.09. The van der Waals surface area contributed by atoms with Crippen molar-refractivity contribution >= 4 is 23.4 Å². The maximum Gasteiger partial charge on any atom is 0.337 e. The van der Waals surface area contributed by atoms with E-state index in [0.717, 1.165) is 12.5 Å². The van der Waals surface area contributed by atoms with Gasteiger partial charge in [-0.3, -0.25) is 0 Å². The van der Waals surface area contributed by atoms with Crippen LogP contribution in [0.5, 0.6) is 0 Å². The predicted octanol–water partition coefficient (Wildman–Crippen LogP) is 2.89. The summed E-state index contributed by atoms with van der Waals surface area (Å²) in [4.78, 5) is 15.0. The third-order valence-electron chi connectivity index (χ3n) is 3.12. The SMILES string of the molecule is CC(CNc1cc(C(=O)O)c(Cl)cn1)C1CC1. The molecule has 1 aliphatic carbocycles. The van der Waals surface area contributed by atoms with E-state index in [-0.39, 0.29) is 10.6 Å². The Morgan fingerprint density at radius 3 is 3.00 bits per heavy atom. The second-order valence-electron chi connectivity index (χ2n) is 4.55. The molecule has 92 valence electrons. The average Bonchev–Trinajstić information content (AvgIpc) is 3.11. The smallest absolute Gasteiger partial charge is 0.337 e. The van der Waals surface area contributed by atoms with Gasteiger partial charge in [-0.1, -0.05) is 18.5 Å². The molecule has 1 fully saturated rings. The van der Waals surface area contributed by atoms with Crippen molar-refractivity contribution in [1.82, 2.24) is 4.98 Å². The maximum atomic E-state index is 10.9. The van der Waals surface area contributed by atoms with E-state index in [0.29, 0.717) is 11.7 Å². The summed E-state index contributed by atoms with van der Waals surface area (Å²) in [6.07, 6.45) is 3.98. The second-order valence-corrected chi connectivity index (χ2v) is 4.96. The van der Waals surface area contributed by atoms with Gasteiger partial charge in [0.25, 0.3) is 0 Å². The number of carboxylic acids is 1. The lowest BCUT2D eigenvalue weighted by atomic mass is 10.1. The lowest BCUT2D eigenvalue weighted by Gasteiger charge is -2.12. The molecule has 1 saturated carbocycles. The number of hydrogen-bond donors (Lipinski definition) is 2. The molecule has 1 atom stereocenters. The minimum absolute atomic E-state index is 0.0863. The molecule has 1 aromatic heterocycles. The molecule has 2 N–H and O–H groups in total. The Bertz CT molecular complexity index is 433. The van der Waals surface area contributed by atoms with E-state index >= 15 is 0 Å². The fraction of sp³-hybridized carbons (Fsp3) is 0.500. The van der Waals surface area contributed by atoms with Crippen LogP contribution >= 0.6 is 11.6 Å². The number of nitrogens with one attached hydrogen (secondary N) is 1. The Kier molecular flexibility index (Phi) is 3.52. The molecule has 0 aromatic carbocycles. The van der Waals surface area contributed by atoms with Gasteiger partial charge in [-0.15, -0.1) is 0 Å². The zero-order valence-electron chi connectivity index (χ0n) is 9.61. The highest BCUT2D eigenvalue weighted by Gasteiger charge is 2.27. The monoisotopic (exact) mass is 254 g/mol. The van der Waals surface area contributed by atoms with Gasteiger partial charge in [-0.25, -0.2) is 9.78 Å². The van der Waals surface area contributed by atoms with Crippen molar-refractivity contribution in [3.63, 3.8) is 0 Å². The van der Waals surface area contributed by atoms with Gasteiger partial charge < -0.3 is 10.4 Å². The number of halogens is 1. The Morgan fingerprint density at radius 1 is 1.71 bits per heavy atom. The molecular formula is C12H15ClN2O2. The standard InChI is InChI=1S/C12H15ClN2O2/c1-7(8-2-3-8)5-14-11-4-9(12(16)17)10(13)6-15-11/h4,6-8H,2-3,5H2,1H3,(H,14,15)(H,16,17). The average molecular weight is 255 g/mol. The van der Waals surface area contributed by atoms with Gasteiger partial charge in [0.2, 0.25) is 0 Å². The summed E-state index contributed by atoms with van der Waals surface area (Å²) in [6, 6.07) is 1.48. The fourth-order valence-corrected chi connectivity index (χ4v) is 1.98. The fourth-order valence-electron chi connectivity index (χ4n) is 1.80. The van der Waals surface area contributed by atoms with Crippen LogP contribution < -0.4 is 5.32 Å². The molecule has 0 spiro atoms. The molecule has 0 radical (unpaired) electrons. The molecule has 5 heteroatoms. The summed E-state index contributed by atoms with van der Waals surface area (Å²) >= 11 is 5.74. The Hall–Kier alpha value is -1.29. The first kappa shape index (κ1) is 12.2. The molecule has 0 bridgehead atoms. The summed E-state index contributed by atoms with van der Waals surface area (Å²) in [7, 11) is 0. The minimum Gasteiger partial charge on any atom is -0.478 e. The summed E-state index contributed by atoms with van der Waals surface area (Å²) in [5.41, 5.74) is 0.0863. The maximum absolute atomic E-state index is 10.9. The largest absolute Gasteiger partial charge is 0.478 e. The summed E-state index contributed by atoms with van der Waals surface area (Å²) in [5, 5.41) is 12.2. The highest BCUT2D eigenvalue weighted by Crippen LogP contribution is 2.36. The molecule has 0 aliphatic heterocycles. The van der Waals surface area contributed by atoms with Crippen molar-refractivity contribution in [1.29, 1.82) is 0 Å². The van der Waals surface area contributed by atoms with Crippen molar-refractivity contribution in [2.75, 3.05) is 11.9 Å². The van der Waals surface area contributed by atoms with Crippen molar-refractivity contribution in [2.45, 2.75) is 19.8 Å². The molecule has 0 amide bonds. The van der Waals surface area contributed by atoms with Crippen molar-refractivity contribution < 1.29 is 9.90 Å². The van der Waals surface area contributed by atoms with E-state index in [1.807, 2.05) is 0 Å². The van der Waals surface area contributed by atoms with Gasteiger partial charge in [0.1, 0.15) is 5.82 Å². The Balaban J connectivity index is 2.00. The van der Waals surface area contributed by atoms with Crippen LogP contribution in [0.2, 0.25) is 5.02 Å². The van der Waals surface area contributed by atoms with Gasteiger partial charge in [-0.05, 0) is 30.7 Å². The van der Waals surface area contributed by atoms with Crippen LogP contribution in [0, 0.1) is 11.8 Å². The van der Waals surface area contributed by atoms with E-state index in [9.17, 15) is 4.79 Å². The first-order chi connectivity index (χ1) is 8.08. The number of carboxylic acid groups (broad SMARTS) is 1. The van der Waals surface area contributed by atoms with Crippen LogP contribution in [0.1, 0.15) is 30.1 Å². The third-order valence-corrected chi connectivity index (χ3v) is 3.42. The molecule has 0 saturated heterocycles. The van der Waals surface area contributed by atoms with Crippen LogP contribution in [-0.4, -0.2) is 22.6 Å². The van der Waals surface area contributed by atoms with Crippen LogP contribution in [0.4, 0.5) is 5.82 Å². The van der Waals surface area contributed by atoms with Crippen LogP contribution in [0.15, 0.2) is 12.3 Å². The van der Waals surface area contributed by atoms with Gasteiger partial charge in [0.05, 0.1) is 10.6 Å². The van der Waals surface area contributed by atoms with Gasteiger partial charge in [0.15, 0.2) is 0 Å². The van der Waals surface area contributed by atoms with E-state index in [1.165, 1.54) is 25.1 Å². The quantitative estimate of drug-likeness (QED) is 0.848. The van der Waals surface area contributed by atoms with E-state index in [2.05, 4.69) is 17.2 Å². The number of hydrogen-bond acceptors (Lipinski definition) is 3.